The third kappa shape index (κ3) is 5.17. The first-order valence-electron chi connectivity index (χ1n) is 9.56. The lowest BCUT2D eigenvalue weighted by Crippen LogP contribution is -2.51. The molecule has 7 nitrogen and oxygen atoms in total. The first kappa shape index (κ1) is 19.1. The van der Waals surface area contributed by atoms with Crippen LogP contribution in [0.3, 0.4) is 0 Å². The van der Waals surface area contributed by atoms with Gasteiger partial charge in [-0.15, -0.1) is 0 Å². The summed E-state index contributed by atoms with van der Waals surface area (Å²) in [5, 5.41) is 7.23. The number of hydrogen-bond acceptors (Lipinski definition) is 4. The molecule has 0 atom stereocenters. The van der Waals surface area contributed by atoms with E-state index in [1.165, 1.54) is 0 Å². The molecule has 1 aromatic heterocycles. The molecule has 0 spiro atoms. The summed E-state index contributed by atoms with van der Waals surface area (Å²) in [6.07, 6.45) is 5.46. The standard InChI is InChI=1S/C20H27N5O2/c1-2-3-9-21-19(26)16-23-10-12-24(13-11-23)20(27)17-14-22-25(15-17)18-7-5-4-6-8-18/h4-8,14-15H,2-3,9-13,16H2,1H3,(H,21,26). The summed E-state index contributed by atoms with van der Waals surface area (Å²) in [5.74, 6) is 0.0524. The van der Waals surface area contributed by atoms with Crippen molar-refractivity contribution in [1.29, 1.82) is 0 Å². The Morgan fingerprint density at radius 3 is 2.56 bits per heavy atom. The van der Waals surface area contributed by atoms with Gasteiger partial charge in [0.2, 0.25) is 5.91 Å². The molecule has 2 aromatic rings. The summed E-state index contributed by atoms with van der Waals surface area (Å²) in [5.41, 5.74) is 1.51. The van der Waals surface area contributed by atoms with Crippen molar-refractivity contribution in [2.45, 2.75) is 19.8 Å². The minimum Gasteiger partial charge on any atom is -0.355 e. The molecule has 0 aliphatic carbocycles. The molecule has 1 aliphatic rings. The largest absolute Gasteiger partial charge is 0.355 e. The van der Waals surface area contributed by atoms with Gasteiger partial charge in [-0.2, -0.15) is 5.10 Å². The number of piperazine rings is 1. The number of aromatic nitrogens is 2. The fraction of sp³-hybridized carbons (Fsp3) is 0.450. The van der Waals surface area contributed by atoms with E-state index in [-0.39, 0.29) is 11.8 Å². The molecule has 0 radical (unpaired) electrons. The summed E-state index contributed by atoms with van der Waals surface area (Å²) in [6.45, 7) is 5.90. The smallest absolute Gasteiger partial charge is 0.257 e. The average Bonchev–Trinajstić information content (AvgIpc) is 3.19. The molecule has 27 heavy (non-hydrogen) atoms. The normalized spacial score (nSPS) is 14.9. The van der Waals surface area contributed by atoms with Gasteiger partial charge in [0, 0.05) is 38.9 Å². The van der Waals surface area contributed by atoms with Gasteiger partial charge in [-0.3, -0.25) is 14.5 Å². The van der Waals surface area contributed by atoms with Gasteiger partial charge < -0.3 is 10.2 Å². The molecule has 0 bridgehead atoms. The van der Waals surface area contributed by atoms with Gasteiger partial charge in [-0.25, -0.2) is 4.68 Å². The van der Waals surface area contributed by atoms with Crippen molar-refractivity contribution in [1.82, 2.24) is 24.9 Å². The van der Waals surface area contributed by atoms with Gasteiger partial charge in [-0.1, -0.05) is 31.5 Å². The van der Waals surface area contributed by atoms with E-state index in [1.807, 2.05) is 35.2 Å². The lowest BCUT2D eigenvalue weighted by atomic mass is 10.2. The molecule has 2 heterocycles. The van der Waals surface area contributed by atoms with Crippen LogP contribution in [0.4, 0.5) is 0 Å². The van der Waals surface area contributed by atoms with Crippen LogP contribution in [-0.2, 0) is 4.79 Å². The van der Waals surface area contributed by atoms with Gasteiger partial charge in [-0.05, 0) is 18.6 Å². The van der Waals surface area contributed by atoms with E-state index in [1.54, 1.807) is 17.1 Å². The van der Waals surface area contributed by atoms with Gasteiger partial charge in [0.25, 0.3) is 5.91 Å². The predicted molar refractivity (Wildman–Crippen MR) is 104 cm³/mol. The van der Waals surface area contributed by atoms with E-state index in [9.17, 15) is 9.59 Å². The van der Waals surface area contributed by atoms with Crippen LogP contribution in [0.5, 0.6) is 0 Å². The molecule has 2 amide bonds. The Morgan fingerprint density at radius 2 is 1.85 bits per heavy atom. The van der Waals surface area contributed by atoms with Gasteiger partial charge >= 0.3 is 0 Å². The summed E-state index contributed by atoms with van der Waals surface area (Å²) < 4.78 is 1.71. The topological polar surface area (TPSA) is 70.5 Å². The fourth-order valence-electron chi connectivity index (χ4n) is 3.11. The van der Waals surface area contributed by atoms with E-state index in [4.69, 9.17) is 0 Å². The zero-order valence-corrected chi connectivity index (χ0v) is 15.8. The number of nitrogens with zero attached hydrogens (tertiary/aromatic N) is 4. The molecule has 1 fully saturated rings. The highest BCUT2D eigenvalue weighted by atomic mass is 16.2. The highest BCUT2D eigenvalue weighted by Gasteiger charge is 2.24. The second-order valence-electron chi connectivity index (χ2n) is 6.78. The zero-order valence-electron chi connectivity index (χ0n) is 15.8. The van der Waals surface area contributed by atoms with Crippen LogP contribution in [0.15, 0.2) is 42.7 Å². The Balaban J connectivity index is 1.49. The van der Waals surface area contributed by atoms with Gasteiger partial charge in [0.1, 0.15) is 0 Å². The van der Waals surface area contributed by atoms with Crippen molar-refractivity contribution < 1.29 is 9.59 Å². The number of unbranched alkanes of at least 4 members (excludes halogenated alkanes) is 1. The van der Waals surface area contributed by atoms with E-state index in [0.29, 0.717) is 38.3 Å². The Morgan fingerprint density at radius 1 is 1.11 bits per heavy atom. The highest BCUT2D eigenvalue weighted by molar-refractivity contribution is 5.94. The van der Waals surface area contributed by atoms with Crippen molar-refractivity contribution in [2.75, 3.05) is 39.3 Å². The van der Waals surface area contributed by atoms with E-state index >= 15 is 0 Å². The molecule has 0 unspecified atom stereocenters. The van der Waals surface area contributed by atoms with Crippen molar-refractivity contribution in [3.63, 3.8) is 0 Å². The van der Waals surface area contributed by atoms with E-state index in [2.05, 4.69) is 22.2 Å². The summed E-state index contributed by atoms with van der Waals surface area (Å²) in [6, 6.07) is 9.73. The Bertz CT molecular complexity index is 751. The number of para-hydroxylation sites is 1. The van der Waals surface area contributed by atoms with Crippen LogP contribution < -0.4 is 5.32 Å². The van der Waals surface area contributed by atoms with Gasteiger partial charge in [0.15, 0.2) is 0 Å². The van der Waals surface area contributed by atoms with Crippen LogP contribution in [0, 0.1) is 0 Å². The van der Waals surface area contributed by atoms with Crippen LogP contribution in [0.2, 0.25) is 0 Å². The lowest BCUT2D eigenvalue weighted by Gasteiger charge is -2.34. The summed E-state index contributed by atoms with van der Waals surface area (Å²) in [4.78, 5) is 28.6. The van der Waals surface area contributed by atoms with Crippen LogP contribution >= 0.6 is 0 Å². The molecule has 1 N–H and O–H groups in total. The van der Waals surface area contributed by atoms with E-state index < -0.39 is 0 Å². The van der Waals surface area contributed by atoms with Crippen molar-refractivity contribution in [2.24, 2.45) is 0 Å². The second-order valence-corrected chi connectivity index (χ2v) is 6.78. The highest BCUT2D eigenvalue weighted by Crippen LogP contribution is 2.11. The van der Waals surface area contributed by atoms with Gasteiger partial charge in [0.05, 0.1) is 24.0 Å². The number of nitrogens with one attached hydrogen (secondary N) is 1. The molecule has 7 heteroatoms. The molecular formula is C20H27N5O2. The maximum absolute atomic E-state index is 12.7. The Labute approximate surface area is 159 Å². The summed E-state index contributed by atoms with van der Waals surface area (Å²) >= 11 is 0. The maximum atomic E-state index is 12.7. The maximum Gasteiger partial charge on any atom is 0.257 e. The molecule has 1 aromatic carbocycles. The third-order valence-electron chi connectivity index (χ3n) is 4.73. The first-order valence-corrected chi connectivity index (χ1v) is 9.56. The van der Waals surface area contributed by atoms with Crippen molar-refractivity contribution in [3.05, 3.63) is 48.3 Å². The third-order valence-corrected chi connectivity index (χ3v) is 4.73. The number of benzene rings is 1. The monoisotopic (exact) mass is 369 g/mol. The Hall–Kier alpha value is -2.67. The summed E-state index contributed by atoms with van der Waals surface area (Å²) in [7, 11) is 0. The quantitative estimate of drug-likeness (QED) is 0.752. The molecule has 1 saturated heterocycles. The predicted octanol–water partition coefficient (Wildman–Crippen LogP) is 1.55. The second kappa shape index (κ2) is 9.32. The number of rotatable bonds is 7. The molecule has 0 saturated carbocycles. The Kier molecular flexibility index (Phi) is 6.59. The SMILES string of the molecule is CCCCNC(=O)CN1CCN(C(=O)c2cnn(-c3ccccc3)c2)CC1. The average molecular weight is 369 g/mol. The van der Waals surface area contributed by atoms with Crippen molar-refractivity contribution >= 4 is 11.8 Å². The number of carbonyl (C=O) groups excluding carboxylic acids is 2. The first-order chi connectivity index (χ1) is 13.2. The lowest BCUT2D eigenvalue weighted by molar-refractivity contribution is -0.122. The molecular weight excluding hydrogens is 342 g/mol. The van der Waals surface area contributed by atoms with E-state index in [0.717, 1.165) is 25.1 Å². The molecule has 144 valence electrons. The minimum absolute atomic E-state index is 0.00997. The fourth-order valence-corrected chi connectivity index (χ4v) is 3.11. The van der Waals surface area contributed by atoms with Crippen LogP contribution in [0.1, 0.15) is 30.1 Å². The van der Waals surface area contributed by atoms with Crippen LogP contribution in [-0.4, -0.2) is 70.7 Å². The minimum atomic E-state index is -0.00997. The van der Waals surface area contributed by atoms with Crippen LogP contribution in [0.25, 0.3) is 5.69 Å². The molecule has 1 aliphatic heterocycles. The number of hydrogen-bond donors (Lipinski definition) is 1. The van der Waals surface area contributed by atoms with Crippen molar-refractivity contribution in [3.8, 4) is 5.69 Å². The number of amides is 2. The zero-order chi connectivity index (χ0) is 19.1. The number of carbonyl (C=O) groups is 2. The molecule has 3 rings (SSSR count).